The molecule has 1 fully saturated rings. The van der Waals surface area contributed by atoms with Crippen LogP contribution in [-0.4, -0.2) is 53.5 Å². The smallest absolute Gasteiger partial charge is 0.307 e. The summed E-state index contributed by atoms with van der Waals surface area (Å²) in [5, 5.41) is 9.14. The predicted molar refractivity (Wildman–Crippen MR) is 99.7 cm³/mol. The highest BCUT2D eigenvalue weighted by Crippen LogP contribution is 2.28. The van der Waals surface area contributed by atoms with Crippen molar-refractivity contribution in [2.75, 3.05) is 26.7 Å². The molecule has 1 aliphatic heterocycles. The van der Waals surface area contributed by atoms with Gasteiger partial charge in [-0.15, -0.1) is 0 Å². The molecule has 3 rings (SSSR count). The molecule has 5 nitrogen and oxygen atoms in total. The lowest BCUT2D eigenvalue weighted by atomic mass is 9.97. The molecule has 26 heavy (non-hydrogen) atoms. The lowest BCUT2D eigenvalue weighted by molar-refractivity contribution is -0.141. The van der Waals surface area contributed by atoms with Crippen LogP contribution in [0.15, 0.2) is 60.7 Å². The summed E-state index contributed by atoms with van der Waals surface area (Å²) in [5.74, 6) is -1.15. The van der Waals surface area contributed by atoms with Gasteiger partial charge in [0, 0.05) is 13.6 Å². The Bertz CT molecular complexity index is 709. The van der Waals surface area contributed by atoms with E-state index in [1.165, 1.54) is 0 Å². The maximum Gasteiger partial charge on any atom is 0.307 e. The highest BCUT2D eigenvalue weighted by molar-refractivity contribution is 5.79. The Balaban J connectivity index is 1.76. The van der Waals surface area contributed by atoms with Gasteiger partial charge in [-0.25, -0.2) is 0 Å². The fourth-order valence-electron chi connectivity index (χ4n) is 3.53. The van der Waals surface area contributed by atoms with Crippen molar-refractivity contribution >= 4 is 11.9 Å². The lowest BCUT2D eigenvalue weighted by Gasteiger charge is -2.30. The number of carboxylic acids is 1. The third-order valence-corrected chi connectivity index (χ3v) is 4.99. The van der Waals surface area contributed by atoms with E-state index in [1.54, 1.807) is 4.90 Å². The van der Waals surface area contributed by atoms with Crippen molar-refractivity contribution < 1.29 is 14.7 Å². The van der Waals surface area contributed by atoms with Crippen LogP contribution in [0.3, 0.4) is 0 Å². The molecule has 2 aromatic carbocycles. The van der Waals surface area contributed by atoms with Crippen molar-refractivity contribution in [1.82, 2.24) is 9.80 Å². The highest BCUT2D eigenvalue weighted by atomic mass is 16.4. The zero-order valence-corrected chi connectivity index (χ0v) is 14.9. The third-order valence-electron chi connectivity index (χ3n) is 4.99. The summed E-state index contributed by atoms with van der Waals surface area (Å²) in [4.78, 5) is 27.7. The number of amides is 1. The Kier molecular flexibility index (Phi) is 5.68. The molecule has 1 aliphatic rings. The van der Waals surface area contributed by atoms with Gasteiger partial charge in [-0.1, -0.05) is 60.7 Å². The maximum atomic E-state index is 12.9. The number of carbonyl (C=O) groups excluding carboxylic acids is 1. The lowest BCUT2D eigenvalue weighted by Crippen LogP contribution is -2.40. The molecule has 1 N–H and O–H groups in total. The molecule has 1 unspecified atom stereocenters. The fourth-order valence-corrected chi connectivity index (χ4v) is 3.53. The average molecular weight is 352 g/mol. The van der Waals surface area contributed by atoms with E-state index in [9.17, 15) is 9.59 Å². The second-order valence-corrected chi connectivity index (χ2v) is 6.79. The molecular weight excluding hydrogens is 328 g/mol. The summed E-state index contributed by atoms with van der Waals surface area (Å²) in [6, 6.07) is 19.8. The van der Waals surface area contributed by atoms with Gasteiger partial charge in [0.05, 0.1) is 18.5 Å². The van der Waals surface area contributed by atoms with Gasteiger partial charge in [-0.3, -0.25) is 14.5 Å². The molecule has 2 aromatic rings. The summed E-state index contributed by atoms with van der Waals surface area (Å²) >= 11 is 0. The Morgan fingerprint density at radius 2 is 1.62 bits per heavy atom. The first-order chi connectivity index (χ1) is 12.6. The van der Waals surface area contributed by atoms with Gasteiger partial charge >= 0.3 is 5.97 Å². The zero-order chi connectivity index (χ0) is 18.5. The highest BCUT2D eigenvalue weighted by Gasteiger charge is 2.31. The van der Waals surface area contributed by atoms with Gasteiger partial charge in [-0.2, -0.15) is 0 Å². The minimum Gasteiger partial charge on any atom is -0.481 e. The second kappa shape index (κ2) is 8.15. The molecule has 0 radical (unpaired) electrons. The number of carboxylic acid groups (broad SMARTS) is 1. The number of carbonyl (C=O) groups is 2. The number of rotatable bonds is 6. The summed E-state index contributed by atoms with van der Waals surface area (Å²) in [6.07, 6.45) is 0.604. The first-order valence-electron chi connectivity index (χ1n) is 8.87. The van der Waals surface area contributed by atoms with Crippen LogP contribution in [0.5, 0.6) is 0 Å². The van der Waals surface area contributed by atoms with Crippen molar-refractivity contribution in [3.05, 3.63) is 71.8 Å². The zero-order valence-electron chi connectivity index (χ0n) is 14.9. The number of hydrogen-bond acceptors (Lipinski definition) is 3. The number of hydrogen-bond donors (Lipinski definition) is 1. The molecule has 0 bridgehead atoms. The van der Waals surface area contributed by atoms with Crippen LogP contribution in [0.1, 0.15) is 23.6 Å². The van der Waals surface area contributed by atoms with Gasteiger partial charge < -0.3 is 10.0 Å². The van der Waals surface area contributed by atoms with Gasteiger partial charge in [0.25, 0.3) is 0 Å². The molecule has 0 aromatic heterocycles. The molecular formula is C21H24N2O3. The van der Waals surface area contributed by atoms with Crippen molar-refractivity contribution in [3.8, 4) is 0 Å². The quantitative estimate of drug-likeness (QED) is 0.868. The van der Waals surface area contributed by atoms with Crippen LogP contribution in [0.4, 0.5) is 0 Å². The first kappa shape index (κ1) is 18.1. The van der Waals surface area contributed by atoms with Crippen LogP contribution >= 0.6 is 0 Å². The normalized spacial score (nSPS) is 17.4. The SMILES string of the molecule is CN(C(=O)CN1CCC(C(=O)O)C1)C(c1ccccc1)c1ccccc1. The van der Waals surface area contributed by atoms with E-state index >= 15 is 0 Å². The minimum absolute atomic E-state index is 0.00579. The number of likely N-dealkylation sites (N-methyl/N-ethyl adjacent to an activating group) is 1. The third kappa shape index (κ3) is 4.11. The van der Waals surface area contributed by atoms with Gasteiger partial charge in [0.2, 0.25) is 5.91 Å². The Labute approximate surface area is 153 Å². The van der Waals surface area contributed by atoms with Crippen molar-refractivity contribution in [1.29, 1.82) is 0 Å². The predicted octanol–water partition coefficient (Wildman–Crippen LogP) is 2.64. The van der Waals surface area contributed by atoms with Gasteiger partial charge in [0.15, 0.2) is 0 Å². The van der Waals surface area contributed by atoms with E-state index in [1.807, 2.05) is 72.6 Å². The van der Waals surface area contributed by atoms with E-state index < -0.39 is 5.97 Å². The Morgan fingerprint density at radius 3 is 2.08 bits per heavy atom. The molecule has 136 valence electrons. The fraction of sp³-hybridized carbons (Fsp3) is 0.333. The van der Waals surface area contributed by atoms with Crippen LogP contribution in [-0.2, 0) is 9.59 Å². The minimum atomic E-state index is -0.778. The number of nitrogens with zero attached hydrogens (tertiary/aromatic N) is 2. The van der Waals surface area contributed by atoms with E-state index in [0.29, 0.717) is 19.5 Å². The molecule has 0 spiro atoms. The summed E-state index contributed by atoms with van der Waals surface area (Å²) in [7, 11) is 1.82. The summed E-state index contributed by atoms with van der Waals surface area (Å²) in [5.41, 5.74) is 2.11. The molecule has 1 saturated heterocycles. The maximum absolute atomic E-state index is 12.9. The van der Waals surface area contributed by atoms with E-state index in [0.717, 1.165) is 11.1 Å². The number of benzene rings is 2. The monoisotopic (exact) mass is 352 g/mol. The van der Waals surface area contributed by atoms with E-state index in [2.05, 4.69) is 0 Å². The second-order valence-electron chi connectivity index (χ2n) is 6.79. The van der Waals surface area contributed by atoms with Gasteiger partial charge in [-0.05, 0) is 24.1 Å². The molecule has 1 amide bonds. The standard InChI is InChI=1S/C21H24N2O3/c1-22(19(24)15-23-13-12-18(14-23)21(25)26)20(16-8-4-2-5-9-16)17-10-6-3-7-11-17/h2-11,18,20H,12-15H2,1H3,(H,25,26). The summed E-state index contributed by atoms with van der Waals surface area (Å²) in [6.45, 7) is 1.34. The van der Waals surface area contributed by atoms with E-state index in [-0.39, 0.29) is 24.4 Å². The van der Waals surface area contributed by atoms with Crippen molar-refractivity contribution in [2.24, 2.45) is 5.92 Å². The van der Waals surface area contributed by atoms with Crippen LogP contribution in [0.25, 0.3) is 0 Å². The molecule has 1 atom stereocenters. The Hall–Kier alpha value is -2.66. The van der Waals surface area contributed by atoms with Crippen LogP contribution < -0.4 is 0 Å². The molecule has 0 saturated carbocycles. The molecule has 0 aliphatic carbocycles. The van der Waals surface area contributed by atoms with Crippen LogP contribution in [0.2, 0.25) is 0 Å². The molecule has 5 heteroatoms. The topological polar surface area (TPSA) is 60.9 Å². The molecule has 1 heterocycles. The van der Waals surface area contributed by atoms with Crippen molar-refractivity contribution in [3.63, 3.8) is 0 Å². The number of likely N-dealkylation sites (tertiary alicyclic amines) is 1. The number of aliphatic carboxylic acids is 1. The van der Waals surface area contributed by atoms with Crippen LogP contribution in [0, 0.1) is 5.92 Å². The summed E-state index contributed by atoms with van der Waals surface area (Å²) < 4.78 is 0. The van der Waals surface area contributed by atoms with E-state index in [4.69, 9.17) is 5.11 Å². The Morgan fingerprint density at radius 1 is 1.08 bits per heavy atom. The first-order valence-corrected chi connectivity index (χ1v) is 8.87. The average Bonchev–Trinajstić information content (AvgIpc) is 3.12. The largest absolute Gasteiger partial charge is 0.481 e. The van der Waals surface area contributed by atoms with Crippen molar-refractivity contribution in [2.45, 2.75) is 12.5 Å². The van der Waals surface area contributed by atoms with Gasteiger partial charge in [0.1, 0.15) is 0 Å².